The molecule has 0 aliphatic rings. The highest BCUT2D eigenvalue weighted by Gasteiger charge is 2.30. The minimum atomic E-state index is -3.57. The average Bonchev–Trinajstić information content (AvgIpc) is 2.70. The van der Waals surface area contributed by atoms with E-state index >= 15 is 0 Å². The van der Waals surface area contributed by atoms with Crippen LogP contribution >= 0.6 is 11.7 Å². The van der Waals surface area contributed by atoms with Gasteiger partial charge in [0.15, 0.2) is 0 Å². The molecule has 21 heavy (non-hydrogen) atoms. The quantitative estimate of drug-likeness (QED) is 0.936. The molecule has 116 valence electrons. The van der Waals surface area contributed by atoms with Gasteiger partial charge in [-0.2, -0.15) is 8.75 Å². The molecule has 1 aromatic heterocycles. The van der Waals surface area contributed by atoms with E-state index < -0.39 is 15.6 Å². The first kappa shape index (κ1) is 16.3. The van der Waals surface area contributed by atoms with Crippen LogP contribution < -0.4 is 4.72 Å². The summed E-state index contributed by atoms with van der Waals surface area (Å²) in [4.78, 5) is 0.227. The Labute approximate surface area is 130 Å². The Kier molecular flexibility index (Phi) is 4.12. The Morgan fingerprint density at radius 3 is 2.33 bits per heavy atom. The maximum Gasteiger partial charge on any atom is 0.241 e. The number of hydrogen-bond acceptors (Lipinski definition) is 5. The number of nitrogens with zero attached hydrogens (tertiary/aromatic N) is 2. The molecule has 0 amide bonds. The van der Waals surface area contributed by atoms with Crippen LogP contribution in [-0.2, 0) is 10.0 Å². The van der Waals surface area contributed by atoms with Gasteiger partial charge in [-0.15, -0.1) is 0 Å². The average molecular weight is 327 g/mol. The maximum absolute atomic E-state index is 12.5. The summed E-state index contributed by atoms with van der Waals surface area (Å²) in [6, 6.07) is 4.82. The molecule has 2 rings (SSSR count). The van der Waals surface area contributed by atoms with Crippen molar-refractivity contribution >= 4 is 32.8 Å². The van der Waals surface area contributed by atoms with Crippen molar-refractivity contribution in [3.63, 3.8) is 0 Å². The number of rotatable bonds is 4. The molecule has 0 atom stereocenters. The van der Waals surface area contributed by atoms with Crippen molar-refractivity contribution in [3.05, 3.63) is 18.2 Å². The Morgan fingerprint density at radius 2 is 1.71 bits per heavy atom. The Bertz CT molecular complexity index is 743. The fraction of sp³-hybridized carbons (Fsp3) is 0.571. The lowest BCUT2D eigenvalue weighted by Crippen LogP contribution is -2.45. The predicted octanol–water partition coefficient (Wildman–Crippen LogP) is 3.18. The Balaban J connectivity index is 2.29. The van der Waals surface area contributed by atoms with Gasteiger partial charge in [0.05, 0.1) is 16.6 Å². The largest absolute Gasteiger partial charge is 0.241 e. The second-order valence-corrected chi connectivity index (χ2v) is 9.35. The Hall–Kier alpha value is -1.05. The van der Waals surface area contributed by atoms with E-state index in [-0.39, 0.29) is 10.3 Å². The van der Waals surface area contributed by atoms with Gasteiger partial charge >= 0.3 is 0 Å². The standard InChI is InChI=1S/C14H21N3O2S2/c1-13(2,3)9-14(4,5)17-21(18,19)10-6-7-11-12(8-10)16-20-15-11/h6-8,17H,9H2,1-5H3. The lowest BCUT2D eigenvalue weighted by molar-refractivity contribution is 0.269. The number of sulfonamides is 1. The molecule has 1 N–H and O–H groups in total. The summed E-state index contributed by atoms with van der Waals surface area (Å²) in [6.45, 7) is 10.1. The van der Waals surface area contributed by atoms with E-state index in [4.69, 9.17) is 0 Å². The highest BCUT2D eigenvalue weighted by Crippen LogP contribution is 2.28. The first-order valence-corrected chi connectivity index (χ1v) is 8.96. The number of fused-ring (bicyclic) bond motifs is 1. The SMILES string of the molecule is CC(C)(C)CC(C)(C)NS(=O)(=O)c1ccc2nsnc2c1. The van der Waals surface area contributed by atoms with Crippen LogP contribution in [0.2, 0.25) is 0 Å². The van der Waals surface area contributed by atoms with Crippen LogP contribution in [0.5, 0.6) is 0 Å². The molecular formula is C14H21N3O2S2. The van der Waals surface area contributed by atoms with Crippen LogP contribution in [0, 0.1) is 5.41 Å². The molecule has 0 spiro atoms. The maximum atomic E-state index is 12.5. The zero-order valence-electron chi connectivity index (χ0n) is 13.0. The van der Waals surface area contributed by atoms with E-state index in [1.165, 1.54) is 0 Å². The normalized spacial score (nSPS) is 13.8. The third kappa shape index (κ3) is 4.21. The monoisotopic (exact) mass is 327 g/mol. The van der Waals surface area contributed by atoms with Crippen LogP contribution in [0.3, 0.4) is 0 Å². The van der Waals surface area contributed by atoms with Crippen LogP contribution in [0.1, 0.15) is 41.0 Å². The summed E-state index contributed by atoms with van der Waals surface area (Å²) in [5.41, 5.74) is 0.839. The van der Waals surface area contributed by atoms with Gasteiger partial charge in [-0.3, -0.25) is 0 Å². The van der Waals surface area contributed by atoms with Gasteiger partial charge < -0.3 is 0 Å². The molecule has 0 bridgehead atoms. The third-order valence-corrected chi connectivity index (χ3v) is 5.17. The van der Waals surface area contributed by atoms with E-state index in [0.717, 1.165) is 18.1 Å². The zero-order chi connectivity index (χ0) is 15.9. The van der Waals surface area contributed by atoms with Gasteiger partial charge in [0.2, 0.25) is 10.0 Å². The van der Waals surface area contributed by atoms with Crippen molar-refractivity contribution in [1.29, 1.82) is 0 Å². The van der Waals surface area contributed by atoms with Crippen molar-refractivity contribution in [3.8, 4) is 0 Å². The minimum Gasteiger partial charge on any atom is -0.207 e. The van der Waals surface area contributed by atoms with Crippen LogP contribution in [0.25, 0.3) is 11.0 Å². The molecule has 0 fully saturated rings. The lowest BCUT2D eigenvalue weighted by Gasteiger charge is -2.32. The summed E-state index contributed by atoms with van der Waals surface area (Å²) >= 11 is 1.08. The van der Waals surface area contributed by atoms with Crippen molar-refractivity contribution in [1.82, 2.24) is 13.5 Å². The van der Waals surface area contributed by atoms with Crippen molar-refractivity contribution in [2.75, 3.05) is 0 Å². The second kappa shape index (κ2) is 5.30. The number of aromatic nitrogens is 2. The molecular weight excluding hydrogens is 306 g/mol. The molecule has 1 heterocycles. The van der Waals surface area contributed by atoms with Crippen molar-refractivity contribution < 1.29 is 8.42 Å². The molecule has 7 heteroatoms. The molecule has 0 saturated carbocycles. The topological polar surface area (TPSA) is 72.0 Å². The molecule has 0 saturated heterocycles. The first-order valence-electron chi connectivity index (χ1n) is 6.75. The van der Waals surface area contributed by atoms with Gasteiger partial charge in [0.1, 0.15) is 11.0 Å². The second-order valence-electron chi connectivity index (χ2n) is 7.14. The van der Waals surface area contributed by atoms with Gasteiger partial charge in [-0.1, -0.05) is 20.8 Å². The molecule has 2 aromatic rings. The molecule has 0 radical (unpaired) electrons. The first-order chi connectivity index (χ1) is 9.49. The minimum absolute atomic E-state index is 0.0365. The van der Waals surface area contributed by atoms with Gasteiger partial charge in [-0.05, 0) is 43.9 Å². The number of benzene rings is 1. The summed E-state index contributed by atoms with van der Waals surface area (Å²) in [5, 5.41) is 0. The van der Waals surface area contributed by atoms with E-state index in [1.807, 2.05) is 13.8 Å². The van der Waals surface area contributed by atoms with Gasteiger partial charge in [0, 0.05) is 5.54 Å². The smallest absolute Gasteiger partial charge is 0.207 e. The third-order valence-electron chi connectivity index (χ3n) is 2.92. The molecule has 1 aromatic carbocycles. The van der Waals surface area contributed by atoms with E-state index in [0.29, 0.717) is 11.0 Å². The number of hydrogen-bond donors (Lipinski definition) is 1. The molecule has 5 nitrogen and oxygen atoms in total. The fourth-order valence-electron chi connectivity index (χ4n) is 2.71. The van der Waals surface area contributed by atoms with Crippen LogP contribution in [0.15, 0.2) is 23.1 Å². The van der Waals surface area contributed by atoms with Gasteiger partial charge in [-0.25, -0.2) is 13.1 Å². The van der Waals surface area contributed by atoms with Crippen molar-refractivity contribution in [2.24, 2.45) is 5.41 Å². The Morgan fingerprint density at radius 1 is 1.10 bits per heavy atom. The number of nitrogens with one attached hydrogen (secondary N) is 1. The highest BCUT2D eigenvalue weighted by atomic mass is 32.2. The molecule has 0 aliphatic heterocycles. The highest BCUT2D eigenvalue weighted by molar-refractivity contribution is 7.89. The zero-order valence-corrected chi connectivity index (χ0v) is 14.6. The van der Waals surface area contributed by atoms with E-state index in [2.05, 4.69) is 34.2 Å². The summed E-state index contributed by atoms with van der Waals surface area (Å²) in [6.07, 6.45) is 0.736. The van der Waals surface area contributed by atoms with E-state index in [9.17, 15) is 8.42 Å². The summed E-state index contributed by atoms with van der Waals surface area (Å²) in [5.74, 6) is 0. The molecule has 0 unspecified atom stereocenters. The summed E-state index contributed by atoms with van der Waals surface area (Å²) in [7, 11) is -3.57. The molecule has 0 aliphatic carbocycles. The van der Waals surface area contributed by atoms with Crippen LogP contribution in [-0.4, -0.2) is 22.7 Å². The van der Waals surface area contributed by atoms with E-state index in [1.54, 1.807) is 18.2 Å². The summed E-state index contributed by atoms with van der Waals surface area (Å²) < 4.78 is 36.0. The fourth-order valence-corrected chi connectivity index (χ4v) is 4.66. The van der Waals surface area contributed by atoms with Crippen molar-refractivity contribution in [2.45, 2.75) is 51.5 Å². The lowest BCUT2D eigenvalue weighted by atomic mass is 9.82. The van der Waals surface area contributed by atoms with Gasteiger partial charge in [0.25, 0.3) is 0 Å². The van der Waals surface area contributed by atoms with Crippen LogP contribution in [0.4, 0.5) is 0 Å². The predicted molar refractivity (Wildman–Crippen MR) is 85.9 cm³/mol.